The highest BCUT2D eigenvalue weighted by Crippen LogP contribution is 2.33. The number of furan rings is 1. The van der Waals surface area contributed by atoms with Crippen LogP contribution < -0.4 is 5.32 Å². The third-order valence-electron chi connectivity index (χ3n) is 4.14. The molecule has 4 rings (SSSR count). The molecular formula is C18H17N3OS. The van der Waals surface area contributed by atoms with Gasteiger partial charge in [0.05, 0.1) is 6.26 Å². The molecule has 5 heteroatoms. The molecule has 3 heterocycles. The zero-order valence-electron chi connectivity index (χ0n) is 12.6. The van der Waals surface area contributed by atoms with Gasteiger partial charge in [0, 0.05) is 30.7 Å². The van der Waals surface area contributed by atoms with E-state index in [9.17, 15) is 0 Å². The van der Waals surface area contributed by atoms with Crippen LogP contribution in [0.25, 0.3) is 0 Å². The van der Waals surface area contributed by atoms with E-state index in [2.05, 4.69) is 33.1 Å². The van der Waals surface area contributed by atoms with Crippen molar-refractivity contribution in [3.05, 3.63) is 78.5 Å². The summed E-state index contributed by atoms with van der Waals surface area (Å²) in [5.41, 5.74) is 2.19. The van der Waals surface area contributed by atoms with Gasteiger partial charge < -0.3 is 19.2 Å². The lowest BCUT2D eigenvalue weighted by atomic mass is 10.1. The van der Waals surface area contributed by atoms with Crippen LogP contribution in [0.5, 0.6) is 0 Å². The molecule has 116 valence electrons. The van der Waals surface area contributed by atoms with Crippen molar-refractivity contribution in [3.8, 4) is 0 Å². The molecule has 23 heavy (non-hydrogen) atoms. The van der Waals surface area contributed by atoms with Gasteiger partial charge in [-0.3, -0.25) is 0 Å². The van der Waals surface area contributed by atoms with E-state index >= 15 is 0 Å². The van der Waals surface area contributed by atoms with Crippen molar-refractivity contribution >= 4 is 23.0 Å². The molecule has 1 N–H and O–H groups in total. The number of anilines is 1. The van der Waals surface area contributed by atoms with Gasteiger partial charge in [-0.1, -0.05) is 18.2 Å². The van der Waals surface area contributed by atoms with Gasteiger partial charge in [0.15, 0.2) is 5.11 Å². The van der Waals surface area contributed by atoms with Gasteiger partial charge in [-0.05, 0) is 48.6 Å². The van der Waals surface area contributed by atoms with E-state index in [0.717, 1.165) is 24.5 Å². The summed E-state index contributed by atoms with van der Waals surface area (Å²) in [5, 5.41) is 4.05. The molecule has 0 radical (unpaired) electrons. The van der Waals surface area contributed by atoms with E-state index in [0.29, 0.717) is 5.11 Å². The summed E-state index contributed by atoms with van der Waals surface area (Å²) in [7, 11) is 0. The standard InChI is InChI=1S/C18H17N3OS/c23-18(19-14-6-2-1-3-7-14)21-12-11-20-10-4-8-15(20)17(21)16-9-5-13-22-16/h1-10,13,17H,11-12H2,(H,19,23). The summed E-state index contributed by atoms with van der Waals surface area (Å²) in [6, 6.07) is 18.1. The predicted molar refractivity (Wildman–Crippen MR) is 94.4 cm³/mol. The average Bonchev–Trinajstić information content (AvgIpc) is 3.26. The third-order valence-corrected chi connectivity index (χ3v) is 4.47. The summed E-state index contributed by atoms with van der Waals surface area (Å²) in [6.07, 6.45) is 3.82. The van der Waals surface area contributed by atoms with Crippen LogP contribution in [0.15, 0.2) is 71.5 Å². The molecule has 0 spiro atoms. The van der Waals surface area contributed by atoms with Gasteiger partial charge in [-0.25, -0.2) is 0 Å². The minimum absolute atomic E-state index is 0.00235. The first-order valence-electron chi connectivity index (χ1n) is 7.64. The van der Waals surface area contributed by atoms with Gasteiger partial charge in [0.1, 0.15) is 11.8 Å². The van der Waals surface area contributed by atoms with Crippen LogP contribution in [0.4, 0.5) is 5.69 Å². The van der Waals surface area contributed by atoms with Crippen LogP contribution >= 0.6 is 12.2 Å². The smallest absolute Gasteiger partial charge is 0.174 e. The minimum atomic E-state index is -0.00235. The third kappa shape index (κ3) is 2.64. The number of aromatic nitrogens is 1. The lowest BCUT2D eigenvalue weighted by molar-refractivity contribution is 0.261. The first kappa shape index (κ1) is 14.1. The van der Waals surface area contributed by atoms with Crippen LogP contribution in [0.1, 0.15) is 17.5 Å². The molecule has 3 aromatic rings. The molecule has 1 aliphatic heterocycles. The molecular weight excluding hydrogens is 306 g/mol. The normalized spacial score (nSPS) is 16.9. The highest BCUT2D eigenvalue weighted by molar-refractivity contribution is 7.80. The number of nitrogens with one attached hydrogen (secondary N) is 1. The Bertz CT molecular complexity index is 795. The Hall–Kier alpha value is -2.53. The maximum absolute atomic E-state index is 5.69. The van der Waals surface area contributed by atoms with E-state index in [1.54, 1.807) is 6.26 Å². The zero-order valence-corrected chi connectivity index (χ0v) is 13.4. The second kappa shape index (κ2) is 5.93. The molecule has 0 saturated heterocycles. The monoisotopic (exact) mass is 323 g/mol. The molecule has 1 atom stereocenters. The van der Waals surface area contributed by atoms with Crippen molar-refractivity contribution in [2.45, 2.75) is 12.6 Å². The molecule has 1 unspecified atom stereocenters. The van der Waals surface area contributed by atoms with Gasteiger partial charge in [0.2, 0.25) is 0 Å². The number of benzene rings is 1. The van der Waals surface area contributed by atoms with Crippen molar-refractivity contribution in [1.82, 2.24) is 9.47 Å². The van der Waals surface area contributed by atoms with Gasteiger partial charge in [-0.2, -0.15) is 0 Å². The van der Waals surface area contributed by atoms with Gasteiger partial charge >= 0.3 is 0 Å². The summed E-state index contributed by atoms with van der Waals surface area (Å²) < 4.78 is 7.95. The first-order chi connectivity index (χ1) is 11.3. The number of hydrogen-bond acceptors (Lipinski definition) is 2. The maximum Gasteiger partial charge on any atom is 0.174 e. The Morgan fingerprint density at radius 2 is 1.91 bits per heavy atom. The molecule has 0 fully saturated rings. The second-order valence-corrected chi connectivity index (χ2v) is 5.92. The number of nitrogens with zero attached hydrogens (tertiary/aromatic N) is 2. The number of hydrogen-bond donors (Lipinski definition) is 1. The van der Waals surface area contributed by atoms with Crippen molar-refractivity contribution in [2.75, 3.05) is 11.9 Å². The van der Waals surface area contributed by atoms with E-state index in [4.69, 9.17) is 16.6 Å². The van der Waals surface area contributed by atoms with E-state index < -0.39 is 0 Å². The summed E-state index contributed by atoms with van der Waals surface area (Å²) in [4.78, 5) is 2.19. The molecule has 0 aliphatic carbocycles. The fourth-order valence-electron chi connectivity index (χ4n) is 3.07. The van der Waals surface area contributed by atoms with Crippen LogP contribution in [-0.2, 0) is 6.54 Å². The summed E-state index contributed by atoms with van der Waals surface area (Å²) >= 11 is 5.67. The van der Waals surface area contributed by atoms with Crippen molar-refractivity contribution in [3.63, 3.8) is 0 Å². The number of fused-ring (bicyclic) bond motifs is 1. The average molecular weight is 323 g/mol. The number of rotatable bonds is 2. The molecule has 0 bridgehead atoms. The largest absolute Gasteiger partial charge is 0.467 e. The minimum Gasteiger partial charge on any atom is -0.467 e. The summed E-state index contributed by atoms with van der Waals surface area (Å²) in [5.74, 6) is 0.905. The Kier molecular flexibility index (Phi) is 3.63. The molecule has 2 aromatic heterocycles. The van der Waals surface area contributed by atoms with Crippen molar-refractivity contribution in [2.24, 2.45) is 0 Å². The molecule has 0 amide bonds. The van der Waals surface area contributed by atoms with Crippen molar-refractivity contribution < 1.29 is 4.42 Å². The van der Waals surface area contributed by atoms with Crippen LogP contribution in [0.3, 0.4) is 0 Å². The lowest BCUT2D eigenvalue weighted by Crippen LogP contribution is -2.44. The SMILES string of the molecule is S=C(Nc1ccccc1)N1CCn2cccc2C1c1ccco1. The van der Waals surface area contributed by atoms with Crippen LogP contribution in [-0.4, -0.2) is 21.1 Å². The van der Waals surface area contributed by atoms with Crippen molar-refractivity contribution in [1.29, 1.82) is 0 Å². The fourth-order valence-corrected chi connectivity index (χ4v) is 3.38. The van der Waals surface area contributed by atoms with E-state index in [1.807, 2.05) is 42.5 Å². The Balaban J connectivity index is 1.66. The maximum atomic E-state index is 5.69. The second-order valence-electron chi connectivity index (χ2n) is 5.53. The Labute approximate surface area is 140 Å². The van der Waals surface area contributed by atoms with Crippen LogP contribution in [0.2, 0.25) is 0 Å². The molecule has 4 nitrogen and oxygen atoms in total. The number of thiocarbonyl (C=S) groups is 1. The zero-order chi connectivity index (χ0) is 15.6. The quantitative estimate of drug-likeness (QED) is 0.726. The highest BCUT2D eigenvalue weighted by Gasteiger charge is 2.32. The van der Waals surface area contributed by atoms with E-state index in [-0.39, 0.29) is 6.04 Å². The molecule has 1 aromatic carbocycles. The predicted octanol–water partition coefficient (Wildman–Crippen LogP) is 3.88. The highest BCUT2D eigenvalue weighted by atomic mass is 32.1. The topological polar surface area (TPSA) is 33.3 Å². The van der Waals surface area contributed by atoms with Crippen LogP contribution in [0, 0.1) is 0 Å². The first-order valence-corrected chi connectivity index (χ1v) is 8.05. The fraction of sp³-hybridized carbons (Fsp3) is 0.167. The molecule has 1 aliphatic rings. The van der Waals surface area contributed by atoms with Gasteiger partial charge in [0.25, 0.3) is 0 Å². The number of para-hydroxylation sites is 1. The molecule has 0 saturated carbocycles. The van der Waals surface area contributed by atoms with E-state index in [1.165, 1.54) is 5.69 Å². The Morgan fingerprint density at radius 1 is 1.04 bits per heavy atom. The van der Waals surface area contributed by atoms with Gasteiger partial charge in [-0.15, -0.1) is 0 Å². The summed E-state index contributed by atoms with van der Waals surface area (Å²) in [6.45, 7) is 1.75. The Morgan fingerprint density at radius 3 is 2.70 bits per heavy atom. The lowest BCUT2D eigenvalue weighted by Gasteiger charge is -2.37.